The topological polar surface area (TPSA) is 56.9 Å². The van der Waals surface area contributed by atoms with Gasteiger partial charge in [-0.2, -0.15) is 0 Å². The highest BCUT2D eigenvalue weighted by atomic mass is 32.1. The number of fused-ring (bicyclic) bond motifs is 1. The lowest BCUT2D eigenvalue weighted by Crippen LogP contribution is -2.37. The lowest BCUT2D eigenvalue weighted by atomic mass is 10.0. The van der Waals surface area contributed by atoms with Gasteiger partial charge in [-0.1, -0.05) is 41.7 Å². The van der Waals surface area contributed by atoms with Crippen LogP contribution in [0.15, 0.2) is 35.1 Å². The maximum absolute atomic E-state index is 11.4. The van der Waals surface area contributed by atoms with E-state index in [0.717, 1.165) is 10.4 Å². The zero-order valence-corrected chi connectivity index (χ0v) is 10.3. The van der Waals surface area contributed by atoms with Crippen molar-refractivity contribution in [3.63, 3.8) is 0 Å². The van der Waals surface area contributed by atoms with Crippen molar-refractivity contribution in [2.24, 2.45) is 0 Å². The first-order chi connectivity index (χ1) is 8.24. The number of anilines is 1. The molecule has 2 heterocycles. The van der Waals surface area contributed by atoms with E-state index in [9.17, 15) is 4.79 Å². The molecule has 0 bridgehead atoms. The van der Waals surface area contributed by atoms with Crippen molar-refractivity contribution >= 4 is 34.5 Å². The molecule has 17 heavy (non-hydrogen) atoms. The Kier molecular flexibility index (Phi) is 2.45. The van der Waals surface area contributed by atoms with Crippen LogP contribution in [0.25, 0.3) is 0 Å². The molecule has 1 aliphatic rings. The third-order valence-corrected chi connectivity index (χ3v) is 3.75. The SMILES string of the molecule is O=c1[nH]c2c(s1)C(c1ccccc1)NC(=S)N2. The van der Waals surface area contributed by atoms with Crippen molar-refractivity contribution in [2.45, 2.75) is 6.04 Å². The van der Waals surface area contributed by atoms with Gasteiger partial charge >= 0.3 is 4.87 Å². The first-order valence-corrected chi connectivity index (χ1v) is 6.32. The molecule has 0 aliphatic carbocycles. The van der Waals surface area contributed by atoms with E-state index in [0.29, 0.717) is 10.9 Å². The van der Waals surface area contributed by atoms with Crippen LogP contribution < -0.4 is 15.5 Å². The van der Waals surface area contributed by atoms with Crippen LogP contribution in [-0.2, 0) is 0 Å². The Morgan fingerprint density at radius 2 is 2.00 bits per heavy atom. The number of aromatic amines is 1. The van der Waals surface area contributed by atoms with Gasteiger partial charge in [0.15, 0.2) is 5.11 Å². The standard InChI is InChI=1S/C11H9N3OS2/c15-11-14-9-8(17-11)7(12-10(16)13-9)6-4-2-1-3-5-6/h1-5,7H,(H,14,15)(H2,12,13,16). The van der Waals surface area contributed by atoms with Gasteiger partial charge in [0.05, 0.1) is 10.9 Å². The summed E-state index contributed by atoms with van der Waals surface area (Å²) in [5.41, 5.74) is 1.09. The zero-order valence-electron chi connectivity index (χ0n) is 8.69. The van der Waals surface area contributed by atoms with Crippen LogP contribution in [0, 0.1) is 0 Å². The Hall–Kier alpha value is -1.66. The van der Waals surface area contributed by atoms with Gasteiger partial charge in [-0.05, 0) is 17.8 Å². The van der Waals surface area contributed by atoms with Gasteiger partial charge in [0, 0.05) is 0 Å². The number of thiocarbonyl (C=S) groups is 1. The third-order valence-electron chi connectivity index (χ3n) is 2.59. The average molecular weight is 263 g/mol. The second-order valence-corrected chi connectivity index (χ2v) is 5.12. The molecule has 1 aromatic carbocycles. The maximum Gasteiger partial charge on any atom is 0.306 e. The minimum Gasteiger partial charge on any atom is -0.351 e. The summed E-state index contributed by atoms with van der Waals surface area (Å²) in [5.74, 6) is 0.706. The highest BCUT2D eigenvalue weighted by Crippen LogP contribution is 2.32. The number of hydrogen-bond acceptors (Lipinski definition) is 3. The number of thiazole rings is 1. The number of aromatic nitrogens is 1. The molecule has 1 atom stereocenters. The normalized spacial score (nSPS) is 18.1. The molecule has 1 aliphatic heterocycles. The molecule has 4 nitrogen and oxygen atoms in total. The van der Waals surface area contributed by atoms with Crippen LogP contribution in [0.2, 0.25) is 0 Å². The van der Waals surface area contributed by atoms with Crippen LogP contribution in [0.3, 0.4) is 0 Å². The molecule has 0 radical (unpaired) electrons. The second kappa shape index (κ2) is 3.97. The molecule has 0 amide bonds. The van der Waals surface area contributed by atoms with Crippen LogP contribution >= 0.6 is 23.6 Å². The molecule has 0 spiro atoms. The average Bonchev–Trinajstić information content (AvgIpc) is 2.69. The monoisotopic (exact) mass is 263 g/mol. The minimum absolute atomic E-state index is 0.0519. The fourth-order valence-corrected chi connectivity index (χ4v) is 2.95. The van der Waals surface area contributed by atoms with E-state index in [2.05, 4.69) is 15.6 Å². The number of rotatable bonds is 1. The summed E-state index contributed by atoms with van der Waals surface area (Å²) in [6.07, 6.45) is 0. The smallest absolute Gasteiger partial charge is 0.306 e. The highest BCUT2D eigenvalue weighted by molar-refractivity contribution is 7.80. The summed E-state index contributed by atoms with van der Waals surface area (Å²) in [6, 6.07) is 9.88. The van der Waals surface area contributed by atoms with Gasteiger partial charge in [0.1, 0.15) is 5.82 Å². The van der Waals surface area contributed by atoms with E-state index in [1.807, 2.05) is 30.3 Å². The molecular weight excluding hydrogens is 254 g/mol. The van der Waals surface area contributed by atoms with E-state index in [4.69, 9.17) is 12.2 Å². The molecule has 86 valence electrons. The van der Waals surface area contributed by atoms with E-state index < -0.39 is 0 Å². The fraction of sp³-hybridized carbons (Fsp3) is 0.0909. The van der Waals surface area contributed by atoms with Gasteiger partial charge in [0.2, 0.25) is 0 Å². The number of nitrogens with one attached hydrogen (secondary N) is 3. The first kappa shape index (κ1) is 10.5. The molecule has 0 saturated carbocycles. The quantitative estimate of drug-likeness (QED) is 0.687. The minimum atomic E-state index is -0.0741. The summed E-state index contributed by atoms with van der Waals surface area (Å²) in [6.45, 7) is 0. The van der Waals surface area contributed by atoms with Gasteiger partial charge < -0.3 is 10.6 Å². The molecular formula is C11H9N3OS2. The summed E-state index contributed by atoms with van der Waals surface area (Å²) >= 11 is 6.33. The zero-order chi connectivity index (χ0) is 11.8. The molecule has 0 fully saturated rings. The Bertz CT molecular complexity index is 617. The number of benzene rings is 1. The van der Waals surface area contributed by atoms with Gasteiger partial charge in [-0.15, -0.1) is 0 Å². The summed E-state index contributed by atoms with van der Waals surface area (Å²) < 4.78 is 0. The van der Waals surface area contributed by atoms with Crippen molar-refractivity contribution < 1.29 is 0 Å². The maximum atomic E-state index is 11.4. The Labute approximate surface area is 107 Å². The van der Waals surface area contributed by atoms with Crippen molar-refractivity contribution in [1.29, 1.82) is 0 Å². The molecule has 0 saturated heterocycles. The fourth-order valence-electron chi connectivity index (χ4n) is 1.86. The van der Waals surface area contributed by atoms with Gasteiger partial charge in [-0.25, -0.2) is 0 Å². The molecule has 3 rings (SSSR count). The van der Waals surface area contributed by atoms with Gasteiger partial charge in [0.25, 0.3) is 0 Å². The van der Waals surface area contributed by atoms with E-state index >= 15 is 0 Å². The van der Waals surface area contributed by atoms with Crippen LogP contribution in [0.5, 0.6) is 0 Å². The second-order valence-electron chi connectivity index (χ2n) is 3.70. The lowest BCUT2D eigenvalue weighted by Gasteiger charge is -2.25. The molecule has 1 unspecified atom stereocenters. The molecule has 1 aromatic heterocycles. The largest absolute Gasteiger partial charge is 0.351 e. The molecule has 3 N–H and O–H groups in total. The summed E-state index contributed by atoms with van der Waals surface area (Å²) in [7, 11) is 0. The van der Waals surface area contributed by atoms with Crippen LogP contribution in [0.4, 0.5) is 5.82 Å². The van der Waals surface area contributed by atoms with Gasteiger partial charge in [-0.3, -0.25) is 9.78 Å². The Balaban J connectivity index is 2.12. The third kappa shape index (κ3) is 1.85. The summed E-state index contributed by atoms with van der Waals surface area (Å²) in [5, 5.41) is 6.66. The Morgan fingerprint density at radius 3 is 2.76 bits per heavy atom. The predicted octanol–water partition coefficient (Wildman–Crippen LogP) is 1.83. The van der Waals surface area contributed by atoms with Crippen molar-refractivity contribution in [2.75, 3.05) is 5.32 Å². The van der Waals surface area contributed by atoms with Crippen LogP contribution in [0.1, 0.15) is 16.5 Å². The molecule has 6 heteroatoms. The van der Waals surface area contributed by atoms with Crippen molar-refractivity contribution in [1.82, 2.24) is 10.3 Å². The van der Waals surface area contributed by atoms with Crippen molar-refractivity contribution in [3.05, 3.63) is 50.4 Å². The van der Waals surface area contributed by atoms with E-state index in [-0.39, 0.29) is 10.9 Å². The van der Waals surface area contributed by atoms with E-state index in [1.54, 1.807) is 0 Å². The first-order valence-electron chi connectivity index (χ1n) is 5.09. The molecule has 2 aromatic rings. The highest BCUT2D eigenvalue weighted by Gasteiger charge is 2.26. The van der Waals surface area contributed by atoms with Crippen LogP contribution in [-0.4, -0.2) is 10.1 Å². The van der Waals surface area contributed by atoms with E-state index in [1.165, 1.54) is 11.3 Å². The Morgan fingerprint density at radius 1 is 1.24 bits per heavy atom. The summed E-state index contributed by atoms with van der Waals surface area (Å²) in [4.78, 5) is 15.0. The van der Waals surface area contributed by atoms with Crippen molar-refractivity contribution in [3.8, 4) is 0 Å². The number of hydrogen-bond donors (Lipinski definition) is 3. The number of H-pyrrole nitrogens is 1. The lowest BCUT2D eigenvalue weighted by molar-refractivity contribution is 0.770. The predicted molar refractivity (Wildman–Crippen MR) is 72.6 cm³/mol.